The van der Waals surface area contributed by atoms with E-state index in [4.69, 9.17) is 0 Å². The average molecular weight is 300 g/mol. The number of H-pyrrole nitrogens is 1. The molecule has 0 fully saturated rings. The molecule has 0 bridgehead atoms. The summed E-state index contributed by atoms with van der Waals surface area (Å²) in [5.41, 5.74) is 2.84. The molecule has 0 aliphatic heterocycles. The summed E-state index contributed by atoms with van der Waals surface area (Å²) in [6, 6.07) is 9.75. The molecule has 0 amide bonds. The largest absolute Gasteiger partial charge is 0.326 e. The molecule has 0 aliphatic carbocycles. The number of rotatable bonds is 7. The van der Waals surface area contributed by atoms with Gasteiger partial charge in [0.15, 0.2) is 0 Å². The van der Waals surface area contributed by atoms with Crippen molar-refractivity contribution in [2.24, 2.45) is 0 Å². The van der Waals surface area contributed by atoms with Crippen LogP contribution in [0.15, 0.2) is 35.1 Å². The van der Waals surface area contributed by atoms with E-state index in [0.29, 0.717) is 5.95 Å². The van der Waals surface area contributed by atoms with Gasteiger partial charge in [-0.3, -0.25) is 14.7 Å². The maximum atomic E-state index is 11.6. The first-order valence-electron chi connectivity index (χ1n) is 7.83. The van der Waals surface area contributed by atoms with E-state index in [1.807, 2.05) is 19.1 Å². The van der Waals surface area contributed by atoms with Crippen molar-refractivity contribution < 1.29 is 0 Å². The van der Waals surface area contributed by atoms with Crippen molar-refractivity contribution in [3.05, 3.63) is 51.9 Å². The number of aryl methyl sites for hydroxylation is 1. The second kappa shape index (κ2) is 7.75. The lowest BCUT2D eigenvalue weighted by Crippen LogP contribution is -2.22. The van der Waals surface area contributed by atoms with Gasteiger partial charge in [-0.1, -0.05) is 32.9 Å². The van der Waals surface area contributed by atoms with Crippen LogP contribution >= 0.6 is 0 Å². The first-order valence-corrected chi connectivity index (χ1v) is 7.83. The van der Waals surface area contributed by atoms with Crippen molar-refractivity contribution in [1.82, 2.24) is 14.9 Å². The first-order chi connectivity index (χ1) is 10.6. The van der Waals surface area contributed by atoms with Crippen molar-refractivity contribution in [3.8, 4) is 0 Å². The normalized spacial score (nSPS) is 10.9. The summed E-state index contributed by atoms with van der Waals surface area (Å²) >= 11 is 0. The fraction of sp³-hybridized carbons (Fsp3) is 0.412. The molecule has 5 nitrogen and oxygen atoms in total. The van der Waals surface area contributed by atoms with E-state index in [1.54, 1.807) is 0 Å². The smallest absolute Gasteiger partial charge is 0.252 e. The molecule has 0 aliphatic rings. The minimum atomic E-state index is -0.132. The molecule has 0 radical (unpaired) electrons. The Morgan fingerprint density at radius 2 is 1.82 bits per heavy atom. The monoisotopic (exact) mass is 300 g/mol. The van der Waals surface area contributed by atoms with Gasteiger partial charge in [-0.2, -0.15) is 0 Å². The Morgan fingerprint density at radius 1 is 1.14 bits per heavy atom. The van der Waals surface area contributed by atoms with E-state index in [0.717, 1.165) is 37.4 Å². The predicted octanol–water partition coefficient (Wildman–Crippen LogP) is 2.92. The zero-order valence-corrected chi connectivity index (χ0v) is 13.5. The fourth-order valence-electron chi connectivity index (χ4n) is 2.28. The number of hydrogen-bond donors (Lipinski definition) is 2. The van der Waals surface area contributed by atoms with Crippen LogP contribution in [-0.4, -0.2) is 28.0 Å². The topological polar surface area (TPSA) is 61.0 Å². The van der Waals surface area contributed by atoms with Crippen molar-refractivity contribution in [2.75, 3.05) is 18.4 Å². The minimum absolute atomic E-state index is 0.132. The fourth-order valence-corrected chi connectivity index (χ4v) is 2.28. The van der Waals surface area contributed by atoms with E-state index in [2.05, 4.69) is 46.2 Å². The van der Waals surface area contributed by atoms with Crippen LogP contribution in [0.3, 0.4) is 0 Å². The number of benzene rings is 1. The molecule has 1 aromatic heterocycles. The molecule has 1 heterocycles. The van der Waals surface area contributed by atoms with Crippen LogP contribution in [-0.2, 0) is 13.0 Å². The molecule has 0 saturated carbocycles. The molecule has 2 rings (SSSR count). The van der Waals surface area contributed by atoms with Crippen LogP contribution in [0.1, 0.15) is 32.0 Å². The summed E-state index contributed by atoms with van der Waals surface area (Å²) in [6.07, 6.45) is 0.738. The van der Waals surface area contributed by atoms with Gasteiger partial charge in [0, 0.05) is 24.0 Å². The number of anilines is 2. The molecule has 2 aromatic rings. The van der Waals surface area contributed by atoms with E-state index in [-0.39, 0.29) is 5.56 Å². The molecule has 0 spiro atoms. The predicted molar refractivity (Wildman–Crippen MR) is 90.6 cm³/mol. The lowest BCUT2D eigenvalue weighted by atomic mass is 10.2. The molecule has 0 unspecified atom stereocenters. The maximum absolute atomic E-state index is 11.6. The number of nitrogens with zero attached hydrogens (tertiary/aromatic N) is 2. The third-order valence-corrected chi connectivity index (χ3v) is 3.67. The van der Waals surface area contributed by atoms with E-state index >= 15 is 0 Å². The third kappa shape index (κ3) is 4.43. The molecule has 22 heavy (non-hydrogen) atoms. The maximum Gasteiger partial charge on any atom is 0.252 e. The molecule has 118 valence electrons. The van der Waals surface area contributed by atoms with Gasteiger partial charge < -0.3 is 5.32 Å². The highest BCUT2D eigenvalue weighted by Crippen LogP contribution is 2.14. The van der Waals surface area contributed by atoms with Gasteiger partial charge in [0.1, 0.15) is 0 Å². The van der Waals surface area contributed by atoms with Crippen molar-refractivity contribution >= 4 is 11.6 Å². The number of nitrogens with one attached hydrogen (secondary N) is 2. The Bertz CT molecular complexity index is 644. The second-order valence-corrected chi connectivity index (χ2v) is 5.22. The van der Waals surface area contributed by atoms with Crippen LogP contribution in [0.4, 0.5) is 11.6 Å². The Hall–Kier alpha value is -2.14. The zero-order chi connectivity index (χ0) is 15.9. The average Bonchev–Trinajstić information content (AvgIpc) is 2.53. The van der Waals surface area contributed by atoms with Gasteiger partial charge in [-0.05, 0) is 37.2 Å². The second-order valence-electron chi connectivity index (χ2n) is 5.22. The molecule has 0 atom stereocenters. The van der Waals surface area contributed by atoms with E-state index in [9.17, 15) is 4.79 Å². The van der Waals surface area contributed by atoms with Crippen molar-refractivity contribution in [1.29, 1.82) is 0 Å². The Morgan fingerprint density at radius 3 is 2.41 bits per heavy atom. The van der Waals surface area contributed by atoms with Crippen LogP contribution in [0.5, 0.6) is 0 Å². The quantitative estimate of drug-likeness (QED) is 0.825. The molecular formula is C17H24N4O. The number of aromatic amines is 1. The first kappa shape index (κ1) is 16.2. The zero-order valence-electron chi connectivity index (χ0n) is 13.5. The van der Waals surface area contributed by atoms with Gasteiger partial charge in [0.05, 0.1) is 0 Å². The number of aromatic nitrogens is 2. The van der Waals surface area contributed by atoms with Crippen molar-refractivity contribution in [3.63, 3.8) is 0 Å². The van der Waals surface area contributed by atoms with Gasteiger partial charge in [-0.15, -0.1) is 0 Å². The third-order valence-electron chi connectivity index (χ3n) is 3.67. The molecule has 0 saturated heterocycles. The molecule has 5 heteroatoms. The summed E-state index contributed by atoms with van der Waals surface area (Å²) in [6.45, 7) is 9.36. The molecular weight excluding hydrogens is 276 g/mol. The van der Waals surface area contributed by atoms with Crippen LogP contribution in [0.25, 0.3) is 0 Å². The SMILES string of the molecule is CCc1cc(=O)[nH]c(Nc2ccc(CN(CC)CC)cc2)n1. The lowest BCUT2D eigenvalue weighted by Gasteiger charge is -2.18. The Kier molecular flexibility index (Phi) is 5.72. The minimum Gasteiger partial charge on any atom is -0.326 e. The molecule has 2 N–H and O–H groups in total. The highest BCUT2D eigenvalue weighted by Gasteiger charge is 2.03. The van der Waals surface area contributed by atoms with Gasteiger partial charge in [0.2, 0.25) is 5.95 Å². The van der Waals surface area contributed by atoms with E-state index < -0.39 is 0 Å². The van der Waals surface area contributed by atoms with Gasteiger partial charge >= 0.3 is 0 Å². The van der Waals surface area contributed by atoms with Crippen LogP contribution in [0.2, 0.25) is 0 Å². The number of hydrogen-bond acceptors (Lipinski definition) is 4. The van der Waals surface area contributed by atoms with Crippen LogP contribution in [0, 0.1) is 0 Å². The van der Waals surface area contributed by atoms with E-state index in [1.165, 1.54) is 11.6 Å². The summed E-state index contributed by atoms with van der Waals surface area (Å²) in [7, 11) is 0. The summed E-state index contributed by atoms with van der Waals surface area (Å²) < 4.78 is 0. The van der Waals surface area contributed by atoms with Gasteiger partial charge in [-0.25, -0.2) is 4.98 Å². The summed E-state index contributed by atoms with van der Waals surface area (Å²) in [4.78, 5) is 21.0. The summed E-state index contributed by atoms with van der Waals surface area (Å²) in [5, 5.41) is 3.15. The Labute approximate surface area is 131 Å². The van der Waals surface area contributed by atoms with Gasteiger partial charge in [0.25, 0.3) is 5.56 Å². The van der Waals surface area contributed by atoms with Crippen LogP contribution < -0.4 is 10.9 Å². The molecule has 1 aromatic carbocycles. The Balaban J connectivity index is 2.08. The van der Waals surface area contributed by atoms with Crippen molar-refractivity contribution in [2.45, 2.75) is 33.7 Å². The highest BCUT2D eigenvalue weighted by atomic mass is 16.1. The lowest BCUT2D eigenvalue weighted by molar-refractivity contribution is 0.296. The highest BCUT2D eigenvalue weighted by molar-refractivity contribution is 5.53. The standard InChI is InChI=1S/C17H24N4O/c1-4-14-11-16(22)20-17(18-14)19-15-9-7-13(8-10-15)12-21(5-2)6-3/h7-11H,4-6,12H2,1-3H3,(H2,18,19,20,22). The summed E-state index contributed by atoms with van der Waals surface area (Å²) in [5.74, 6) is 0.487.